The molecule has 1 saturated heterocycles. The Labute approximate surface area is 109 Å². The molecule has 5 nitrogen and oxygen atoms in total. The molecule has 0 spiro atoms. The number of nitrogens with one attached hydrogen (secondary N) is 1. The van der Waals surface area contributed by atoms with Crippen molar-refractivity contribution in [3.05, 3.63) is 0 Å². The van der Waals surface area contributed by atoms with Gasteiger partial charge >= 0.3 is 12.1 Å². The van der Waals surface area contributed by atoms with E-state index in [1.54, 1.807) is 4.90 Å². The minimum Gasteiger partial charge on any atom is -0.469 e. The summed E-state index contributed by atoms with van der Waals surface area (Å²) in [4.78, 5) is 13.1. The number of carbonyl (C=O) groups excluding carboxylic acids is 1. The van der Waals surface area contributed by atoms with Gasteiger partial charge in [0, 0.05) is 19.1 Å². The van der Waals surface area contributed by atoms with Crippen LogP contribution in [0.15, 0.2) is 0 Å². The second-order valence-electron chi connectivity index (χ2n) is 4.50. The Bertz CT molecular complexity index is 354. The van der Waals surface area contributed by atoms with Crippen molar-refractivity contribution in [2.45, 2.75) is 18.6 Å². The number of alkyl halides is 3. The summed E-state index contributed by atoms with van der Waals surface area (Å²) in [6.07, 6.45) is -4.01. The molecular formula is C11H16F3N3O2. The summed E-state index contributed by atoms with van der Waals surface area (Å²) in [6, 6.07) is 1.45. The van der Waals surface area contributed by atoms with Crippen LogP contribution in [0.2, 0.25) is 0 Å². The van der Waals surface area contributed by atoms with Crippen molar-refractivity contribution < 1.29 is 22.7 Å². The molecular weight excluding hydrogens is 263 g/mol. The Morgan fingerprint density at radius 3 is 2.74 bits per heavy atom. The molecule has 0 bridgehead atoms. The van der Waals surface area contributed by atoms with Gasteiger partial charge in [-0.2, -0.15) is 18.4 Å². The Kier molecular flexibility index (Phi) is 5.57. The van der Waals surface area contributed by atoms with Crippen LogP contribution in [0.5, 0.6) is 0 Å². The van der Waals surface area contributed by atoms with E-state index in [1.165, 1.54) is 7.11 Å². The molecule has 1 N–H and O–H groups in total. The topological polar surface area (TPSA) is 65.4 Å². The fraction of sp³-hybridized carbons (Fsp3) is 0.818. The van der Waals surface area contributed by atoms with E-state index in [1.807, 2.05) is 6.07 Å². The van der Waals surface area contributed by atoms with Crippen LogP contribution in [0.3, 0.4) is 0 Å². The van der Waals surface area contributed by atoms with Gasteiger partial charge in [-0.15, -0.1) is 0 Å². The zero-order valence-electron chi connectivity index (χ0n) is 10.5. The fourth-order valence-corrected chi connectivity index (χ4v) is 2.16. The smallest absolute Gasteiger partial charge is 0.401 e. The molecule has 1 fully saturated rings. The number of halogens is 3. The number of nitriles is 1. The number of piperidine rings is 1. The van der Waals surface area contributed by atoms with Crippen molar-refractivity contribution in [3.63, 3.8) is 0 Å². The minimum atomic E-state index is -4.29. The SMILES string of the molecule is COC(=O)C1CC(NCC(F)(F)F)CN(CC#N)C1. The third-order valence-corrected chi connectivity index (χ3v) is 2.95. The Morgan fingerprint density at radius 2 is 2.21 bits per heavy atom. The molecule has 0 radical (unpaired) electrons. The van der Waals surface area contributed by atoms with E-state index >= 15 is 0 Å². The van der Waals surface area contributed by atoms with Crippen molar-refractivity contribution in [1.29, 1.82) is 5.26 Å². The number of rotatable bonds is 4. The summed E-state index contributed by atoms with van der Waals surface area (Å²) in [5, 5.41) is 11.0. The average Bonchev–Trinajstić information content (AvgIpc) is 2.35. The number of likely N-dealkylation sites (tertiary alicyclic amines) is 1. The Morgan fingerprint density at radius 1 is 1.53 bits per heavy atom. The largest absolute Gasteiger partial charge is 0.469 e. The molecule has 1 heterocycles. The zero-order valence-corrected chi connectivity index (χ0v) is 10.5. The summed E-state index contributed by atoms with van der Waals surface area (Å²) in [7, 11) is 1.24. The van der Waals surface area contributed by atoms with Crippen LogP contribution in [-0.2, 0) is 9.53 Å². The van der Waals surface area contributed by atoms with Gasteiger partial charge in [0.2, 0.25) is 0 Å². The van der Waals surface area contributed by atoms with Gasteiger partial charge in [0.25, 0.3) is 0 Å². The lowest BCUT2D eigenvalue weighted by molar-refractivity contribution is -0.148. The second-order valence-corrected chi connectivity index (χ2v) is 4.50. The molecule has 0 amide bonds. The normalized spacial score (nSPS) is 24.8. The van der Waals surface area contributed by atoms with Crippen molar-refractivity contribution in [2.75, 3.05) is 33.3 Å². The van der Waals surface area contributed by atoms with E-state index in [-0.39, 0.29) is 13.0 Å². The van der Waals surface area contributed by atoms with Crippen LogP contribution < -0.4 is 5.32 Å². The van der Waals surface area contributed by atoms with E-state index in [2.05, 4.69) is 10.1 Å². The number of hydrogen-bond donors (Lipinski definition) is 1. The van der Waals surface area contributed by atoms with Crippen LogP contribution in [0.4, 0.5) is 13.2 Å². The first kappa shape index (κ1) is 15.7. The second kappa shape index (κ2) is 6.73. The van der Waals surface area contributed by atoms with Gasteiger partial charge in [0.15, 0.2) is 0 Å². The molecule has 0 aromatic carbocycles. The zero-order chi connectivity index (χ0) is 14.5. The highest BCUT2D eigenvalue weighted by Gasteiger charge is 2.34. The molecule has 1 aliphatic heterocycles. The first-order valence-electron chi connectivity index (χ1n) is 5.83. The quantitative estimate of drug-likeness (QED) is 0.600. The maximum atomic E-state index is 12.2. The number of hydrogen-bond acceptors (Lipinski definition) is 5. The van der Waals surface area contributed by atoms with Crippen LogP contribution in [-0.4, -0.2) is 56.4 Å². The summed E-state index contributed by atoms with van der Waals surface area (Å²) < 4.78 is 41.1. The lowest BCUT2D eigenvalue weighted by Crippen LogP contribution is -2.52. The van der Waals surface area contributed by atoms with Gasteiger partial charge in [-0.1, -0.05) is 0 Å². The van der Waals surface area contributed by atoms with Gasteiger partial charge in [-0.25, -0.2) is 0 Å². The van der Waals surface area contributed by atoms with E-state index in [0.717, 1.165) is 0 Å². The van der Waals surface area contributed by atoms with Crippen LogP contribution in [0.1, 0.15) is 6.42 Å². The van der Waals surface area contributed by atoms with E-state index in [0.29, 0.717) is 13.1 Å². The number of nitrogens with zero attached hydrogens (tertiary/aromatic N) is 2. The molecule has 2 atom stereocenters. The summed E-state index contributed by atoms with van der Waals surface area (Å²) >= 11 is 0. The van der Waals surface area contributed by atoms with Crippen molar-refractivity contribution in [3.8, 4) is 6.07 Å². The van der Waals surface area contributed by atoms with E-state index < -0.39 is 30.7 Å². The number of esters is 1. The van der Waals surface area contributed by atoms with E-state index in [9.17, 15) is 18.0 Å². The van der Waals surface area contributed by atoms with Crippen LogP contribution in [0.25, 0.3) is 0 Å². The minimum absolute atomic E-state index is 0.0810. The highest BCUT2D eigenvalue weighted by atomic mass is 19.4. The lowest BCUT2D eigenvalue weighted by atomic mass is 9.94. The molecule has 2 unspecified atom stereocenters. The number of carbonyl (C=O) groups is 1. The van der Waals surface area contributed by atoms with Crippen molar-refractivity contribution in [2.24, 2.45) is 5.92 Å². The molecule has 1 rings (SSSR count). The third kappa shape index (κ3) is 5.44. The summed E-state index contributed by atoms with van der Waals surface area (Å²) in [6.45, 7) is -0.370. The Balaban J connectivity index is 2.60. The van der Waals surface area contributed by atoms with E-state index in [4.69, 9.17) is 5.26 Å². The summed E-state index contributed by atoms with van der Waals surface area (Å²) in [5.74, 6) is -0.959. The molecule has 19 heavy (non-hydrogen) atoms. The highest BCUT2D eigenvalue weighted by molar-refractivity contribution is 5.72. The number of ether oxygens (including phenoxy) is 1. The molecule has 0 saturated carbocycles. The predicted molar refractivity (Wildman–Crippen MR) is 60.0 cm³/mol. The molecule has 8 heteroatoms. The molecule has 0 aromatic rings. The van der Waals surface area contributed by atoms with Gasteiger partial charge < -0.3 is 10.1 Å². The standard InChI is InChI=1S/C11H16F3N3O2/c1-19-10(18)8-4-9(16-7-11(12,13)14)6-17(5-8)3-2-15/h8-9,16H,3-7H2,1H3. The molecule has 108 valence electrons. The third-order valence-electron chi connectivity index (χ3n) is 2.95. The molecule has 0 aromatic heterocycles. The highest BCUT2D eigenvalue weighted by Crippen LogP contribution is 2.20. The van der Waals surface area contributed by atoms with Crippen LogP contribution in [0, 0.1) is 17.2 Å². The average molecular weight is 279 g/mol. The fourth-order valence-electron chi connectivity index (χ4n) is 2.16. The van der Waals surface area contributed by atoms with Gasteiger partial charge in [0.05, 0.1) is 32.2 Å². The monoisotopic (exact) mass is 279 g/mol. The first-order chi connectivity index (χ1) is 8.85. The maximum absolute atomic E-state index is 12.2. The number of methoxy groups -OCH3 is 1. The predicted octanol–water partition coefficient (Wildman–Crippen LogP) is 0.525. The Hall–Kier alpha value is -1.33. The van der Waals surface area contributed by atoms with Crippen LogP contribution >= 0.6 is 0 Å². The lowest BCUT2D eigenvalue weighted by Gasteiger charge is -2.35. The molecule has 0 aliphatic carbocycles. The first-order valence-corrected chi connectivity index (χ1v) is 5.83. The molecule has 1 aliphatic rings. The van der Waals surface area contributed by atoms with Crippen molar-refractivity contribution in [1.82, 2.24) is 10.2 Å². The van der Waals surface area contributed by atoms with Gasteiger partial charge in [-0.05, 0) is 6.42 Å². The maximum Gasteiger partial charge on any atom is 0.401 e. The van der Waals surface area contributed by atoms with Crippen molar-refractivity contribution >= 4 is 5.97 Å². The summed E-state index contributed by atoms with van der Waals surface area (Å²) in [5.41, 5.74) is 0. The van der Waals surface area contributed by atoms with Gasteiger partial charge in [0.1, 0.15) is 0 Å². The van der Waals surface area contributed by atoms with Gasteiger partial charge in [-0.3, -0.25) is 9.69 Å².